The Morgan fingerprint density at radius 2 is 1.48 bits per heavy atom. The van der Waals surface area contributed by atoms with Crippen molar-refractivity contribution in [2.24, 2.45) is 5.10 Å². The lowest BCUT2D eigenvalue weighted by Crippen LogP contribution is -2.42. The number of benzene rings is 2. The van der Waals surface area contributed by atoms with Gasteiger partial charge in [0.15, 0.2) is 14.5 Å². The van der Waals surface area contributed by atoms with Crippen LogP contribution in [0.2, 0.25) is 19.6 Å². The Morgan fingerprint density at radius 1 is 0.905 bits per heavy atom. The summed E-state index contributed by atoms with van der Waals surface area (Å²) in [7, 11) is -1.66. The van der Waals surface area contributed by atoms with Gasteiger partial charge in [-0.05, 0) is 31.8 Å². The van der Waals surface area contributed by atoms with E-state index < -0.39 is 8.24 Å². The van der Waals surface area contributed by atoms with Crippen LogP contribution in [-0.4, -0.2) is 20.7 Å². The zero-order chi connectivity index (χ0) is 15.3. The zero-order valence-corrected chi connectivity index (χ0v) is 13.7. The summed E-state index contributed by atoms with van der Waals surface area (Å²) in [6, 6.07) is 17.6. The van der Waals surface area contributed by atoms with Crippen LogP contribution < -0.4 is 4.67 Å². The molecule has 0 spiro atoms. The maximum atomic E-state index is 11.1. The maximum absolute atomic E-state index is 11.1. The monoisotopic (exact) mass is 296 g/mol. The standard InChI is InChI=1S/C17H20N2OSi/c1-21(2,3)19(17-11-5-4-6-12-17)18-13-15-9-7-8-10-16(15)14-20/h4-14H,1-3H3. The van der Waals surface area contributed by atoms with E-state index in [4.69, 9.17) is 0 Å². The molecule has 0 saturated carbocycles. The normalized spacial score (nSPS) is 11.6. The molecule has 3 nitrogen and oxygen atoms in total. The predicted octanol–water partition coefficient (Wildman–Crippen LogP) is 4.17. The number of nitrogens with zero attached hydrogens (tertiary/aromatic N) is 2. The molecular formula is C17H20N2OSi. The topological polar surface area (TPSA) is 32.7 Å². The van der Waals surface area contributed by atoms with Crippen LogP contribution in [0.15, 0.2) is 59.7 Å². The summed E-state index contributed by atoms with van der Waals surface area (Å²) in [5.41, 5.74) is 2.58. The van der Waals surface area contributed by atoms with E-state index in [9.17, 15) is 4.79 Å². The van der Waals surface area contributed by atoms with Crippen LogP contribution in [0.5, 0.6) is 0 Å². The van der Waals surface area contributed by atoms with Gasteiger partial charge in [0, 0.05) is 16.8 Å². The predicted molar refractivity (Wildman–Crippen MR) is 91.7 cm³/mol. The third-order valence-corrected chi connectivity index (χ3v) is 4.72. The summed E-state index contributed by atoms with van der Waals surface area (Å²) in [6.07, 6.45) is 2.64. The third kappa shape index (κ3) is 3.89. The quantitative estimate of drug-likeness (QED) is 0.359. The van der Waals surface area contributed by atoms with E-state index in [1.165, 1.54) is 0 Å². The number of carbonyl (C=O) groups excluding carboxylic acids is 1. The van der Waals surface area contributed by atoms with Gasteiger partial charge in [-0.1, -0.05) is 42.5 Å². The van der Waals surface area contributed by atoms with Gasteiger partial charge in [-0.25, -0.2) is 0 Å². The molecular weight excluding hydrogens is 276 g/mol. The van der Waals surface area contributed by atoms with E-state index in [0.29, 0.717) is 5.56 Å². The van der Waals surface area contributed by atoms with Crippen molar-refractivity contribution >= 4 is 26.4 Å². The van der Waals surface area contributed by atoms with E-state index in [1.807, 2.05) is 36.4 Å². The molecule has 0 atom stereocenters. The van der Waals surface area contributed by atoms with Crippen molar-refractivity contribution in [1.29, 1.82) is 0 Å². The number of hydrogen-bond donors (Lipinski definition) is 0. The molecule has 0 amide bonds. The highest BCUT2D eigenvalue weighted by atomic mass is 28.3. The molecule has 0 saturated heterocycles. The second-order valence-corrected chi connectivity index (χ2v) is 10.6. The van der Waals surface area contributed by atoms with Crippen molar-refractivity contribution < 1.29 is 4.79 Å². The molecule has 0 bridgehead atoms. The minimum Gasteiger partial charge on any atom is -0.298 e. The fraction of sp³-hybridized carbons (Fsp3) is 0.176. The van der Waals surface area contributed by atoms with Gasteiger partial charge in [0.25, 0.3) is 0 Å². The Kier molecular flexibility index (Phi) is 4.70. The van der Waals surface area contributed by atoms with Gasteiger partial charge in [0.1, 0.15) is 0 Å². The van der Waals surface area contributed by atoms with E-state index in [2.05, 4.69) is 41.5 Å². The van der Waals surface area contributed by atoms with Crippen molar-refractivity contribution in [3.05, 3.63) is 65.7 Å². The van der Waals surface area contributed by atoms with Gasteiger partial charge < -0.3 is 0 Å². The molecule has 0 aliphatic rings. The van der Waals surface area contributed by atoms with E-state index in [0.717, 1.165) is 17.5 Å². The molecule has 0 heterocycles. The van der Waals surface area contributed by atoms with Gasteiger partial charge in [-0.2, -0.15) is 5.10 Å². The van der Waals surface area contributed by atoms with Gasteiger partial charge in [0.05, 0.1) is 6.21 Å². The smallest absolute Gasteiger partial charge is 0.176 e. The van der Waals surface area contributed by atoms with Crippen molar-refractivity contribution in [3.63, 3.8) is 0 Å². The molecule has 0 aliphatic heterocycles. The van der Waals surface area contributed by atoms with E-state index in [-0.39, 0.29) is 0 Å². The first-order valence-electron chi connectivity index (χ1n) is 6.96. The SMILES string of the molecule is C[Si](C)(C)N(N=Cc1ccccc1C=O)c1ccccc1. The lowest BCUT2D eigenvalue weighted by atomic mass is 10.1. The van der Waals surface area contributed by atoms with Crippen molar-refractivity contribution in [2.75, 3.05) is 4.67 Å². The maximum Gasteiger partial charge on any atom is 0.176 e. The van der Waals surface area contributed by atoms with Crippen molar-refractivity contribution in [3.8, 4) is 0 Å². The van der Waals surface area contributed by atoms with Crippen LogP contribution in [-0.2, 0) is 0 Å². The van der Waals surface area contributed by atoms with Gasteiger partial charge >= 0.3 is 0 Å². The number of para-hydroxylation sites is 1. The minimum atomic E-state index is -1.66. The Morgan fingerprint density at radius 3 is 2.05 bits per heavy atom. The van der Waals surface area contributed by atoms with Crippen LogP contribution >= 0.6 is 0 Å². The molecule has 0 fully saturated rings. The number of aldehydes is 1. The van der Waals surface area contributed by atoms with Crippen molar-refractivity contribution in [2.45, 2.75) is 19.6 Å². The summed E-state index contributed by atoms with van der Waals surface area (Å²) in [5, 5.41) is 4.66. The average molecular weight is 296 g/mol. The highest BCUT2D eigenvalue weighted by molar-refractivity contribution is 6.79. The molecule has 2 aromatic rings. The fourth-order valence-electron chi connectivity index (χ4n) is 2.05. The number of hydrogen-bond acceptors (Lipinski definition) is 3. The highest BCUT2D eigenvalue weighted by Crippen LogP contribution is 2.21. The number of anilines is 1. The Bertz CT molecular complexity index is 633. The number of hydrazone groups is 1. The Hall–Kier alpha value is -2.20. The lowest BCUT2D eigenvalue weighted by molar-refractivity contribution is 0.112. The first kappa shape index (κ1) is 15.2. The molecule has 0 aromatic heterocycles. The fourth-order valence-corrected chi connectivity index (χ4v) is 3.38. The summed E-state index contributed by atoms with van der Waals surface area (Å²) >= 11 is 0. The second kappa shape index (κ2) is 6.50. The summed E-state index contributed by atoms with van der Waals surface area (Å²) < 4.78 is 2.09. The molecule has 0 N–H and O–H groups in total. The molecule has 0 aliphatic carbocycles. The van der Waals surface area contributed by atoms with Gasteiger partial charge in [-0.15, -0.1) is 0 Å². The summed E-state index contributed by atoms with van der Waals surface area (Å²) in [5.74, 6) is 0. The Balaban J connectivity index is 2.36. The van der Waals surface area contributed by atoms with E-state index >= 15 is 0 Å². The lowest BCUT2D eigenvalue weighted by Gasteiger charge is -2.31. The molecule has 4 heteroatoms. The molecule has 0 unspecified atom stereocenters. The average Bonchev–Trinajstić information content (AvgIpc) is 2.47. The molecule has 21 heavy (non-hydrogen) atoms. The zero-order valence-electron chi connectivity index (χ0n) is 12.7. The second-order valence-electron chi connectivity index (χ2n) is 5.81. The minimum absolute atomic E-state index is 0.657. The first-order chi connectivity index (χ1) is 10.0. The van der Waals surface area contributed by atoms with Crippen LogP contribution in [0, 0.1) is 0 Å². The molecule has 2 aromatic carbocycles. The third-order valence-electron chi connectivity index (χ3n) is 3.07. The van der Waals surface area contributed by atoms with Crippen LogP contribution in [0.25, 0.3) is 0 Å². The molecule has 2 rings (SSSR count). The van der Waals surface area contributed by atoms with Crippen LogP contribution in [0.1, 0.15) is 15.9 Å². The van der Waals surface area contributed by atoms with Gasteiger partial charge in [0.2, 0.25) is 0 Å². The van der Waals surface area contributed by atoms with Gasteiger partial charge in [-0.3, -0.25) is 9.47 Å². The largest absolute Gasteiger partial charge is 0.298 e. The van der Waals surface area contributed by atoms with Crippen LogP contribution in [0.3, 0.4) is 0 Å². The Labute approximate surface area is 127 Å². The number of rotatable bonds is 5. The molecule has 0 radical (unpaired) electrons. The van der Waals surface area contributed by atoms with Crippen molar-refractivity contribution in [1.82, 2.24) is 0 Å². The number of carbonyl (C=O) groups is 1. The highest BCUT2D eigenvalue weighted by Gasteiger charge is 2.24. The van der Waals surface area contributed by atoms with E-state index in [1.54, 1.807) is 12.3 Å². The molecule has 108 valence electrons. The summed E-state index contributed by atoms with van der Waals surface area (Å²) in [4.78, 5) is 11.1. The van der Waals surface area contributed by atoms with Crippen LogP contribution in [0.4, 0.5) is 5.69 Å². The first-order valence-corrected chi connectivity index (χ1v) is 10.4. The summed E-state index contributed by atoms with van der Waals surface area (Å²) in [6.45, 7) is 6.72.